The molecule has 0 atom stereocenters. The molecular formula is C14H13FN4OS. The first-order chi connectivity index (χ1) is 10.2. The van der Waals surface area contributed by atoms with E-state index < -0.39 is 0 Å². The number of aromatic nitrogens is 3. The van der Waals surface area contributed by atoms with Crippen LogP contribution in [0.4, 0.5) is 4.39 Å². The predicted molar refractivity (Wildman–Crippen MR) is 78.8 cm³/mol. The van der Waals surface area contributed by atoms with E-state index in [9.17, 15) is 9.18 Å². The number of halogens is 1. The molecule has 108 valence electrons. The number of rotatable bonds is 5. The standard InChI is InChI=1S/C14H13FN4OS/c15-10-4-3-9-6-12(21-11(9)7-10)14(20)16-5-1-2-13-17-8-18-19-13/h3-4,6-8H,1-2,5H2,(H,16,20)(H,17,18,19). The summed E-state index contributed by atoms with van der Waals surface area (Å²) in [5.74, 6) is 0.388. The number of hydrogen-bond donors (Lipinski definition) is 2. The molecule has 5 nitrogen and oxygen atoms in total. The van der Waals surface area contributed by atoms with Gasteiger partial charge in [-0.05, 0) is 30.0 Å². The number of nitrogens with zero attached hydrogens (tertiary/aromatic N) is 2. The van der Waals surface area contributed by atoms with Gasteiger partial charge in [-0.15, -0.1) is 11.3 Å². The first kappa shape index (κ1) is 13.7. The number of H-pyrrole nitrogens is 1. The van der Waals surface area contributed by atoms with Gasteiger partial charge in [-0.2, -0.15) is 5.10 Å². The Bertz CT molecular complexity index is 754. The maximum Gasteiger partial charge on any atom is 0.261 e. The van der Waals surface area contributed by atoms with E-state index in [1.807, 2.05) is 0 Å². The van der Waals surface area contributed by atoms with Crippen LogP contribution in [-0.4, -0.2) is 27.6 Å². The van der Waals surface area contributed by atoms with Crippen molar-refractivity contribution in [1.29, 1.82) is 0 Å². The molecule has 0 aliphatic rings. The summed E-state index contributed by atoms with van der Waals surface area (Å²) in [7, 11) is 0. The molecule has 0 bridgehead atoms. The molecule has 0 spiro atoms. The summed E-state index contributed by atoms with van der Waals surface area (Å²) in [5.41, 5.74) is 0. The summed E-state index contributed by atoms with van der Waals surface area (Å²) in [6, 6.07) is 6.31. The van der Waals surface area contributed by atoms with Gasteiger partial charge in [0.15, 0.2) is 0 Å². The van der Waals surface area contributed by atoms with Crippen LogP contribution >= 0.6 is 11.3 Å². The van der Waals surface area contributed by atoms with Gasteiger partial charge < -0.3 is 5.32 Å². The fourth-order valence-electron chi connectivity index (χ4n) is 2.01. The molecular weight excluding hydrogens is 291 g/mol. The summed E-state index contributed by atoms with van der Waals surface area (Å²) in [6.45, 7) is 0.558. The number of fused-ring (bicyclic) bond motifs is 1. The van der Waals surface area contributed by atoms with Crippen LogP contribution in [0, 0.1) is 5.82 Å². The highest BCUT2D eigenvalue weighted by Gasteiger charge is 2.10. The molecule has 3 rings (SSSR count). The van der Waals surface area contributed by atoms with Gasteiger partial charge in [-0.25, -0.2) is 9.37 Å². The lowest BCUT2D eigenvalue weighted by Crippen LogP contribution is -2.23. The van der Waals surface area contributed by atoms with Crippen LogP contribution in [0.1, 0.15) is 21.9 Å². The molecule has 0 aliphatic carbocycles. The molecule has 0 saturated heterocycles. The zero-order valence-corrected chi connectivity index (χ0v) is 11.9. The maximum absolute atomic E-state index is 13.1. The topological polar surface area (TPSA) is 70.7 Å². The molecule has 7 heteroatoms. The van der Waals surface area contributed by atoms with Crippen molar-refractivity contribution in [2.24, 2.45) is 0 Å². The first-order valence-corrected chi connectivity index (χ1v) is 7.35. The van der Waals surface area contributed by atoms with E-state index in [0.717, 1.165) is 28.8 Å². The third kappa shape index (κ3) is 3.25. The van der Waals surface area contributed by atoms with Gasteiger partial charge in [-0.1, -0.05) is 6.07 Å². The van der Waals surface area contributed by atoms with E-state index in [4.69, 9.17) is 0 Å². The molecule has 1 aromatic carbocycles. The zero-order chi connectivity index (χ0) is 14.7. The number of nitrogens with one attached hydrogen (secondary N) is 2. The number of carbonyl (C=O) groups excluding carboxylic acids is 1. The normalized spacial score (nSPS) is 10.9. The van der Waals surface area contributed by atoms with E-state index in [1.54, 1.807) is 12.1 Å². The van der Waals surface area contributed by atoms with Gasteiger partial charge >= 0.3 is 0 Å². The van der Waals surface area contributed by atoms with Crippen LogP contribution in [0.25, 0.3) is 10.1 Å². The predicted octanol–water partition coefficient (Wildman–Crippen LogP) is 2.52. The Morgan fingerprint density at radius 2 is 2.29 bits per heavy atom. The van der Waals surface area contributed by atoms with Gasteiger partial charge in [-0.3, -0.25) is 9.89 Å². The van der Waals surface area contributed by atoms with E-state index in [2.05, 4.69) is 20.5 Å². The van der Waals surface area contributed by atoms with Crippen molar-refractivity contribution in [2.75, 3.05) is 6.54 Å². The van der Waals surface area contributed by atoms with E-state index >= 15 is 0 Å². The highest BCUT2D eigenvalue weighted by Crippen LogP contribution is 2.26. The van der Waals surface area contributed by atoms with Crippen molar-refractivity contribution in [3.05, 3.63) is 47.1 Å². The monoisotopic (exact) mass is 304 g/mol. The summed E-state index contributed by atoms with van der Waals surface area (Å²) in [6.07, 6.45) is 2.97. The summed E-state index contributed by atoms with van der Waals surface area (Å²) < 4.78 is 13.9. The van der Waals surface area contributed by atoms with Gasteiger partial charge in [0.25, 0.3) is 5.91 Å². The Morgan fingerprint density at radius 3 is 3.10 bits per heavy atom. The minimum Gasteiger partial charge on any atom is -0.351 e. The average molecular weight is 304 g/mol. The lowest BCUT2D eigenvalue weighted by atomic mass is 10.2. The van der Waals surface area contributed by atoms with Crippen LogP contribution in [0.15, 0.2) is 30.6 Å². The molecule has 21 heavy (non-hydrogen) atoms. The van der Waals surface area contributed by atoms with Crippen LogP contribution in [0.5, 0.6) is 0 Å². The van der Waals surface area contributed by atoms with Crippen molar-refractivity contribution in [1.82, 2.24) is 20.5 Å². The Balaban J connectivity index is 1.56. The second-order valence-corrected chi connectivity index (χ2v) is 5.67. The number of carbonyl (C=O) groups is 1. The quantitative estimate of drug-likeness (QED) is 0.712. The Kier molecular flexibility index (Phi) is 3.92. The smallest absolute Gasteiger partial charge is 0.261 e. The number of aromatic amines is 1. The fourth-order valence-corrected chi connectivity index (χ4v) is 3.02. The minimum atomic E-state index is -0.289. The third-order valence-electron chi connectivity index (χ3n) is 3.05. The Labute approximate surface area is 124 Å². The number of thiophene rings is 1. The van der Waals surface area contributed by atoms with E-state index in [0.29, 0.717) is 11.4 Å². The summed E-state index contributed by atoms with van der Waals surface area (Å²) >= 11 is 1.29. The third-order valence-corrected chi connectivity index (χ3v) is 4.14. The van der Waals surface area contributed by atoms with Gasteiger partial charge in [0.1, 0.15) is 18.0 Å². The summed E-state index contributed by atoms with van der Waals surface area (Å²) in [5, 5.41) is 10.3. The number of amides is 1. The highest BCUT2D eigenvalue weighted by molar-refractivity contribution is 7.20. The molecule has 0 aliphatic heterocycles. The number of aryl methyl sites for hydroxylation is 1. The Morgan fingerprint density at radius 1 is 1.38 bits per heavy atom. The van der Waals surface area contributed by atoms with Gasteiger partial charge in [0.05, 0.1) is 4.88 Å². The molecule has 0 radical (unpaired) electrons. The molecule has 3 aromatic rings. The molecule has 2 heterocycles. The number of benzene rings is 1. The van der Waals surface area contributed by atoms with Crippen LogP contribution < -0.4 is 5.32 Å². The molecule has 0 fully saturated rings. The lowest BCUT2D eigenvalue weighted by Gasteiger charge is -2.01. The average Bonchev–Trinajstić information content (AvgIpc) is 3.11. The highest BCUT2D eigenvalue weighted by atomic mass is 32.1. The molecule has 2 N–H and O–H groups in total. The second kappa shape index (κ2) is 6.01. The van der Waals surface area contributed by atoms with Crippen molar-refractivity contribution in [3.8, 4) is 0 Å². The first-order valence-electron chi connectivity index (χ1n) is 6.54. The van der Waals surface area contributed by atoms with Crippen LogP contribution in [0.2, 0.25) is 0 Å². The van der Waals surface area contributed by atoms with Gasteiger partial charge in [0, 0.05) is 17.7 Å². The minimum absolute atomic E-state index is 0.130. The fraction of sp³-hybridized carbons (Fsp3) is 0.214. The summed E-state index contributed by atoms with van der Waals surface area (Å²) in [4.78, 5) is 16.6. The van der Waals surface area contributed by atoms with Crippen LogP contribution in [-0.2, 0) is 6.42 Å². The van der Waals surface area contributed by atoms with Crippen molar-refractivity contribution >= 4 is 27.3 Å². The van der Waals surface area contributed by atoms with E-state index in [1.165, 1.54) is 29.8 Å². The number of hydrogen-bond acceptors (Lipinski definition) is 4. The largest absolute Gasteiger partial charge is 0.351 e. The van der Waals surface area contributed by atoms with Crippen LogP contribution in [0.3, 0.4) is 0 Å². The molecule has 1 amide bonds. The van der Waals surface area contributed by atoms with Crippen molar-refractivity contribution in [2.45, 2.75) is 12.8 Å². The molecule has 2 aromatic heterocycles. The molecule has 0 saturated carbocycles. The van der Waals surface area contributed by atoms with E-state index in [-0.39, 0.29) is 11.7 Å². The SMILES string of the molecule is O=C(NCCCc1ncn[nH]1)c1cc2ccc(F)cc2s1. The second-order valence-electron chi connectivity index (χ2n) is 4.58. The molecule has 0 unspecified atom stereocenters. The zero-order valence-electron chi connectivity index (χ0n) is 11.1. The lowest BCUT2D eigenvalue weighted by molar-refractivity contribution is 0.0957. The van der Waals surface area contributed by atoms with Gasteiger partial charge in [0.2, 0.25) is 0 Å². The maximum atomic E-state index is 13.1. The van der Waals surface area contributed by atoms with Crippen molar-refractivity contribution in [3.63, 3.8) is 0 Å². The Hall–Kier alpha value is -2.28. The van der Waals surface area contributed by atoms with Crippen molar-refractivity contribution < 1.29 is 9.18 Å².